The second-order valence-corrected chi connectivity index (χ2v) is 6.67. The zero-order chi connectivity index (χ0) is 13.5. The number of piperidine rings is 1. The summed E-state index contributed by atoms with van der Waals surface area (Å²) in [4.78, 5) is 6.60. The molecule has 1 aliphatic carbocycles. The van der Waals surface area contributed by atoms with E-state index in [1.807, 2.05) is 0 Å². The van der Waals surface area contributed by atoms with Crippen molar-refractivity contribution in [1.82, 2.24) is 4.98 Å². The first-order valence-electron chi connectivity index (χ1n) is 6.96. The van der Waals surface area contributed by atoms with E-state index in [2.05, 4.69) is 9.88 Å². The first-order valence-corrected chi connectivity index (χ1v) is 7.72. The number of nitrogen functional groups attached to an aromatic ring is 1. The third kappa shape index (κ3) is 2.50. The minimum Gasteiger partial charge on any atom is -0.382 e. The lowest BCUT2D eigenvalue weighted by Crippen LogP contribution is -2.39. The van der Waals surface area contributed by atoms with Crippen LogP contribution in [0.1, 0.15) is 38.5 Å². The lowest BCUT2D eigenvalue weighted by Gasteiger charge is -2.40. The molecule has 104 valence electrons. The summed E-state index contributed by atoms with van der Waals surface area (Å²) < 4.78 is 0. The first-order chi connectivity index (χ1) is 9.10. The predicted octanol–water partition coefficient (Wildman–Crippen LogP) is 4.13. The fraction of sp³-hybridized carbons (Fsp3) is 0.643. The maximum absolute atomic E-state index is 6.24. The Hall–Kier alpha value is -0.670. The van der Waals surface area contributed by atoms with Crippen LogP contribution in [0.4, 0.5) is 11.6 Å². The summed E-state index contributed by atoms with van der Waals surface area (Å²) in [5.41, 5.74) is 6.38. The molecule has 2 fully saturated rings. The third-order valence-electron chi connectivity index (χ3n) is 4.73. The van der Waals surface area contributed by atoms with E-state index in [1.54, 1.807) is 6.07 Å². The average Bonchev–Trinajstić information content (AvgIpc) is 2.84. The molecule has 3 rings (SSSR count). The van der Waals surface area contributed by atoms with Crippen LogP contribution in [0.25, 0.3) is 0 Å². The zero-order valence-corrected chi connectivity index (χ0v) is 12.5. The SMILES string of the molecule is Nc1nc(N2CCC3(CCCC3)CC2)c(Cl)cc1Cl. The molecule has 0 aromatic carbocycles. The standard InChI is InChI=1S/C14H19Cl2N3/c15-10-9-11(16)13(18-12(10)17)19-7-5-14(6-8-19)3-1-2-4-14/h9H,1-8H2,(H2,17,18). The van der Waals surface area contributed by atoms with E-state index in [4.69, 9.17) is 28.9 Å². The first kappa shape index (κ1) is 13.3. The molecule has 1 saturated carbocycles. The van der Waals surface area contributed by atoms with E-state index >= 15 is 0 Å². The summed E-state index contributed by atoms with van der Waals surface area (Å²) in [6.45, 7) is 2.04. The van der Waals surface area contributed by atoms with Crippen molar-refractivity contribution in [3.05, 3.63) is 16.1 Å². The number of hydrogen-bond donors (Lipinski definition) is 1. The second kappa shape index (κ2) is 5.02. The molecule has 0 atom stereocenters. The van der Waals surface area contributed by atoms with Crippen molar-refractivity contribution in [2.45, 2.75) is 38.5 Å². The number of anilines is 2. The highest BCUT2D eigenvalue weighted by atomic mass is 35.5. The van der Waals surface area contributed by atoms with Gasteiger partial charge in [-0.15, -0.1) is 0 Å². The fourth-order valence-corrected chi connectivity index (χ4v) is 3.99. The summed E-state index contributed by atoms with van der Waals surface area (Å²) in [6.07, 6.45) is 8.07. The average molecular weight is 300 g/mol. The summed E-state index contributed by atoms with van der Waals surface area (Å²) in [6, 6.07) is 1.70. The molecule has 0 amide bonds. The lowest BCUT2D eigenvalue weighted by atomic mass is 9.77. The van der Waals surface area contributed by atoms with Crippen LogP contribution in [-0.2, 0) is 0 Å². The molecule has 1 aromatic rings. The molecule has 2 heterocycles. The van der Waals surface area contributed by atoms with Gasteiger partial charge in [-0.3, -0.25) is 0 Å². The zero-order valence-electron chi connectivity index (χ0n) is 11.0. The van der Waals surface area contributed by atoms with E-state index in [0.29, 0.717) is 21.3 Å². The molecule has 1 aliphatic heterocycles. The highest BCUT2D eigenvalue weighted by molar-refractivity contribution is 6.37. The van der Waals surface area contributed by atoms with Gasteiger partial charge in [0.05, 0.1) is 10.0 Å². The van der Waals surface area contributed by atoms with Crippen molar-refractivity contribution < 1.29 is 0 Å². The van der Waals surface area contributed by atoms with Crippen LogP contribution in [0.5, 0.6) is 0 Å². The Labute approximate surface area is 124 Å². The van der Waals surface area contributed by atoms with E-state index in [9.17, 15) is 0 Å². The van der Waals surface area contributed by atoms with Crippen molar-refractivity contribution in [3.8, 4) is 0 Å². The maximum Gasteiger partial charge on any atom is 0.149 e. The minimum atomic E-state index is 0.363. The topological polar surface area (TPSA) is 42.1 Å². The van der Waals surface area contributed by atoms with Gasteiger partial charge in [-0.2, -0.15) is 0 Å². The van der Waals surface area contributed by atoms with E-state index < -0.39 is 0 Å². The normalized spacial score (nSPS) is 22.1. The van der Waals surface area contributed by atoms with E-state index in [-0.39, 0.29) is 0 Å². The number of hydrogen-bond acceptors (Lipinski definition) is 3. The molecular formula is C14H19Cl2N3. The molecule has 1 spiro atoms. The number of halogens is 2. The Kier molecular flexibility index (Phi) is 3.52. The number of nitrogens with two attached hydrogens (primary N) is 1. The Morgan fingerprint density at radius 3 is 2.32 bits per heavy atom. The molecule has 3 nitrogen and oxygen atoms in total. The maximum atomic E-state index is 6.24. The van der Waals surface area contributed by atoms with Crippen LogP contribution >= 0.6 is 23.2 Å². The van der Waals surface area contributed by atoms with Gasteiger partial charge in [0.2, 0.25) is 0 Å². The van der Waals surface area contributed by atoms with Gasteiger partial charge in [0.15, 0.2) is 0 Å². The van der Waals surface area contributed by atoms with Crippen molar-refractivity contribution >= 4 is 34.8 Å². The molecule has 0 bridgehead atoms. The van der Waals surface area contributed by atoms with Crippen LogP contribution in [0.15, 0.2) is 6.07 Å². The number of aromatic nitrogens is 1. The van der Waals surface area contributed by atoms with Gasteiger partial charge in [-0.05, 0) is 37.2 Å². The molecule has 0 unspecified atom stereocenters. The van der Waals surface area contributed by atoms with Crippen LogP contribution in [0.2, 0.25) is 10.0 Å². The molecule has 0 radical (unpaired) electrons. The highest BCUT2D eigenvalue weighted by Gasteiger charge is 2.37. The van der Waals surface area contributed by atoms with Gasteiger partial charge >= 0.3 is 0 Å². The molecule has 19 heavy (non-hydrogen) atoms. The molecule has 1 aromatic heterocycles. The third-order valence-corrected chi connectivity index (χ3v) is 5.31. The summed E-state index contributed by atoms with van der Waals surface area (Å²) in [7, 11) is 0. The summed E-state index contributed by atoms with van der Waals surface area (Å²) >= 11 is 12.2. The lowest BCUT2D eigenvalue weighted by molar-refractivity contribution is 0.226. The Balaban J connectivity index is 1.76. The van der Waals surface area contributed by atoms with Gasteiger partial charge in [0, 0.05) is 13.1 Å². The minimum absolute atomic E-state index is 0.363. The molecule has 2 aliphatic rings. The van der Waals surface area contributed by atoms with Gasteiger partial charge in [0.1, 0.15) is 11.6 Å². The quantitative estimate of drug-likeness (QED) is 0.848. The van der Waals surface area contributed by atoms with Gasteiger partial charge < -0.3 is 10.6 Å². The highest BCUT2D eigenvalue weighted by Crippen LogP contribution is 2.47. The van der Waals surface area contributed by atoms with Crippen LogP contribution < -0.4 is 10.6 Å². The van der Waals surface area contributed by atoms with Gasteiger partial charge in [0.25, 0.3) is 0 Å². The summed E-state index contributed by atoms with van der Waals surface area (Å²) in [5, 5.41) is 1.03. The number of rotatable bonds is 1. The largest absolute Gasteiger partial charge is 0.382 e. The van der Waals surface area contributed by atoms with E-state index in [0.717, 1.165) is 18.9 Å². The van der Waals surface area contributed by atoms with Crippen LogP contribution in [-0.4, -0.2) is 18.1 Å². The van der Waals surface area contributed by atoms with Crippen LogP contribution in [0.3, 0.4) is 0 Å². The van der Waals surface area contributed by atoms with Gasteiger partial charge in [-0.25, -0.2) is 4.98 Å². The molecular weight excluding hydrogens is 281 g/mol. The van der Waals surface area contributed by atoms with Crippen molar-refractivity contribution in [1.29, 1.82) is 0 Å². The molecule has 1 saturated heterocycles. The Morgan fingerprint density at radius 2 is 1.68 bits per heavy atom. The smallest absolute Gasteiger partial charge is 0.149 e. The van der Waals surface area contributed by atoms with E-state index in [1.165, 1.54) is 38.5 Å². The Morgan fingerprint density at radius 1 is 1.05 bits per heavy atom. The second-order valence-electron chi connectivity index (χ2n) is 5.86. The predicted molar refractivity (Wildman–Crippen MR) is 81.0 cm³/mol. The van der Waals surface area contributed by atoms with Crippen molar-refractivity contribution in [2.75, 3.05) is 23.7 Å². The number of nitrogens with zero attached hydrogens (tertiary/aromatic N) is 2. The molecule has 5 heteroatoms. The van der Waals surface area contributed by atoms with Crippen molar-refractivity contribution in [2.24, 2.45) is 5.41 Å². The van der Waals surface area contributed by atoms with Crippen LogP contribution in [0, 0.1) is 5.41 Å². The monoisotopic (exact) mass is 299 g/mol. The fourth-order valence-electron chi connectivity index (χ4n) is 3.51. The number of pyridine rings is 1. The summed E-state index contributed by atoms with van der Waals surface area (Å²) in [5.74, 6) is 1.15. The molecule has 2 N–H and O–H groups in total. The van der Waals surface area contributed by atoms with Crippen molar-refractivity contribution in [3.63, 3.8) is 0 Å². The van der Waals surface area contributed by atoms with Gasteiger partial charge in [-0.1, -0.05) is 36.0 Å². The Bertz CT molecular complexity index is 474.